The van der Waals surface area contributed by atoms with E-state index in [1.807, 2.05) is 6.07 Å². The number of hydrogen-bond donors (Lipinski definition) is 3. The molecule has 9 heteroatoms. The molecule has 4 rings (SSSR count). The first-order chi connectivity index (χ1) is 17.3. The van der Waals surface area contributed by atoms with Gasteiger partial charge < -0.3 is 20.5 Å². The Morgan fingerprint density at radius 3 is 2.56 bits per heavy atom. The largest absolute Gasteiger partial charge is 0.493 e. The maximum absolute atomic E-state index is 12.6. The summed E-state index contributed by atoms with van der Waals surface area (Å²) in [6.45, 7) is 2.62. The molecule has 2 heterocycles. The third kappa shape index (κ3) is 6.47. The van der Waals surface area contributed by atoms with Crippen LogP contribution in [0, 0.1) is 0 Å². The van der Waals surface area contributed by atoms with E-state index in [9.17, 15) is 14.7 Å². The number of carboxylic acids is 1. The van der Waals surface area contributed by atoms with E-state index in [2.05, 4.69) is 23.6 Å². The number of hydrogen-bond acceptors (Lipinski definition) is 5. The smallest absolute Gasteiger partial charge is 0.326 e. The van der Waals surface area contributed by atoms with E-state index in [0.29, 0.717) is 24.8 Å². The highest BCUT2D eigenvalue weighted by atomic mass is 35.5. The van der Waals surface area contributed by atoms with Gasteiger partial charge in [0.15, 0.2) is 0 Å². The summed E-state index contributed by atoms with van der Waals surface area (Å²) in [5.74, 6) is -0.165. The Kier molecular flexibility index (Phi) is 8.33. The van der Waals surface area contributed by atoms with Crippen molar-refractivity contribution in [3.05, 3.63) is 87.0 Å². The molecule has 2 aromatic carbocycles. The summed E-state index contributed by atoms with van der Waals surface area (Å²) in [5, 5.41) is 15.9. The van der Waals surface area contributed by atoms with Crippen molar-refractivity contribution in [1.82, 2.24) is 10.3 Å². The lowest BCUT2D eigenvalue weighted by Crippen LogP contribution is -2.42. The van der Waals surface area contributed by atoms with Crippen molar-refractivity contribution in [1.29, 1.82) is 0 Å². The van der Waals surface area contributed by atoms with E-state index < -0.39 is 17.9 Å². The van der Waals surface area contributed by atoms with Gasteiger partial charge >= 0.3 is 5.97 Å². The number of amides is 1. The first-order valence-corrected chi connectivity index (χ1v) is 12.5. The van der Waals surface area contributed by atoms with Gasteiger partial charge in [0.2, 0.25) is 0 Å². The molecule has 7 nitrogen and oxygen atoms in total. The lowest BCUT2D eigenvalue weighted by atomic mass is 10.0. The zero-order valence-corrected chi connectivity index (χ0v) is 21.3. The van der Waals surface area contributed by atoms with E-state index in [1.165, 1.54) is 17.7 Å². The number of carboxylic acid groups (broad SMARTS) is 1. The standard InChI is InChI=1S/C27H27Cl2N3O4/c1-16-5-8-18-9-10-19(31-25(18)30-16)13-14-36-20-11-6-17(7-12-20)15-23(27(34)35)32-26(33)24-21(28)3-2-4-22(24)29/h2-4,6-7,9-12,16,23H,5,8,13-15H2,1H3,(H,30,31)(H,32,33)(H,34,35)/t16?,23-/m0/s1. The molecule has 1 aromatic heterocycles. The van der Waals surface area contributed by atoms with Crippen LogP contribution in [0.4, 0.5) is 5.82 Å². The molecule has 1 aliphatic heterocycles. The third-order valence-electron chi connectivity index (χ3n) is 6.05. The van der Waals surface area contributed by atoms with Crippen molar-refractivity contribution in [3.63, 3.8) is 0 Å². The van der Waals surface area contributed by atoms with Gasteiger partial charge in [-0.05, 0) is 61.2 Å². The predicted molar refractivity (Wildman–Crippen MR) is 140 cm³/mol. The molecule has 0 bridgehead atoms. The molecule has 0 spiro atoms. The van der Waals surface area contributed by atoms with E-state index in [1.54, 1.807) is 30.3 Å². The Labute approximate surface area is 219 Å². The molecule has 3 N–H and O–H groups in total. The monoisotopic (exact) mass is 527 g/mol. The molecule has 2 atom stereocenters. The van der Waals surface area contributed by atoms with Crippen LogP contribution in [0.3, 0.4) is 0 Å². The summed E-state index contributed by atoms with van der Waals surface area (Å²) in [6.07, 6.45) is 2.92. The SMILES string of the molecule is CC1CCc2ccc(CCOc3ccc(C[C@H](NC(=O)c4c(Cl)cccc4Cl)C(=O)O)cc3)nc2N1. The summed E-state index contributed by atoms with van der Waals surface area (Å²) in [7, 11) is 0. The number of pyridine rings is 1. The second kappa shape index (κ2) is 11.6. The van der Waals surface area contributed by atoms with Crippen molar-refractivity contribution in [2.45, 2.75) is 44.7 Å². The first-order valence-electron chi connectivity index (χ1n) is 11.7. The number of benzene rings is 2. The lowest BCUT2D eigenvalue weighted by molar-refractivity contribution is -0.139. The van der Waals surface area contributed by atoms with Gasteiger partial charge in [-0.1, -0.05) is 47.5 Å². The molecule has 0 radical (unpaired) electrons. The van der Waals surface area contributed by atoms with E-state index >= 15 is 0 Å². The molecule has 0 saturated heterocycles. The van der Waals surface area contributed by atoms with Gasteiger partial charge in [-0.15, -0.1) is 0 Å². The molecule has 3 aromatic rings. The van der Waals surface area contributed by atoms with Crippen molar-refractivity contribution in [3.8, 4) is 5.75 Å². The molecule has 1 unspecified atom stereocenters. The number of carbonyl (C=O) groups excluding carboxylic acids is 1. The molecule has 0 saturated carbocycles. The number of rotatable bonds is 9. The Morgan fingerprint density at radius 1 is 1.14 bits per heavy atom. The summed E-state index contributed by atoms with van der Waals surface area (Å²) in [6, 6.07) is 15.2. The summed E-state index contributed by atoms with van der Waals surface area (Å²) in [4.78, 5) is 29.1. The van der Waals surface area contributed by atoms with Gasteiger partial charge in [0.25, 0.3) is 5.91 Å². The van der Waals surface area contributed by atoms with Gasteiger partial charge in [0.1, 0.15) is 17.6 Å². The van der Waals surface area contributed by atoms with E-state index in [4.69, 9.17) is 32.9 Å². The topological polar surface area (TPSA) is 101 Å². The minimum atomic E-state index is -1.16. The number of ether oxygens (including phenoxy) is 1. The van der Waals surface area contributed by atoms with E-state index in [-0.39, 0.29) is 22.0 Å². The molecular weight excluding hydrogens is 501 g/mol. The fourth-order valence-electron chi connectivity index (χ4n) is 4.05. The lowest BCUT2D eigenvalue weighted by Gasteiger charge is -2.23. The molecule has 1 aliphatic rings. The molecule has 0 aliphatic carbocycles. The fourth-order valence-corrected chi connectivity index (χ4v) is 4.62. The number of anilines is 1. The summed E-state index contributed by atoms with van der Waals surface area (Å²) in [5.41, 5.74) is 3.00. The average molecular weight is 528 g/mol. The molecule has 1 amide bonds. The predicted octanol–water partition coefficient (Wildman–Crippen LogP) is 5.18. The van der Waals surface area contributed by atoms with Crippen LogP contribution < -0.4 is 15.4 Å². The van der Waals surface area contributed by atoms with Crippen LogP contribution >= 0.6 is 23.2 Å². The van der Waals surface area contributed by atoms with Gasteiger partial charge in [0.05, 0.1) is 22.2 Å². The van der Waals surface area contributed by atoms with Crippen LogP contribution in [-0.4, -0.2) is 40.7 Å². The normalized spacial score (nSPS) is 15.4. The summed E-state index contributed by atoms with van der Waals surface area (Å²) < 4.78 is 5.86. The zero-order chi connectivity index (χ0) is 25.7. The number of carbonyl (C=O) groups is 2. The van der Waals surface area contributed by atoms with Gasteiger partial charge in [0, 0.05) is 24.6 Å². The maximum Gasteiger partial charge on any atom is 0.326 e. The van der Waals surface area contributed by atoms with Gasteiger partial charge in [-0.3, -0.25) is 4.79 Å². The minimum Gasteiger partial charge on any atom is -0.493 e. The number of aryl methyl sites for hydroxylation is 1. The number of nitrogens with zero attached hydrogens (tertiary/aromatic N) is 1. The van der Waals surface area contributed by atoms with Crippen molar-refractivity contribution in [2.75, 3.05) is 11.9 Å². The maximum atomic E-state index is 12.6. The Hall–Kier alpha value is -3.29. The zero-order valence-electron chi connectivity index (χ0n) is 19.8. The highest BCUT2D eigenvalue weighted by Gasteiger charge is 2.24. The quantitative estimate of drug-likeness (QED) is 0.354. The number of aromatic nitrogens is 1. The van der Waals surface area contributed by atoms with Crippen LogP contribution in [0.25, 0.3) is 0 Å². The molecule has 188 valence electrons. The van der Waals surface area contributed by atoms with Crippen molar-refractivity contribution in [2.24, 2.45) is 0 Å². The van der Waals surface area contributed by atoms with Crippen LogP contribution in [0.15, 0.2) is 54.6 Å². The number of fused-ring (bicyclic) bond motifs is 1. The summed E-state index contributed by atoms with van der Waals surface area (Å²) >= 11 is 12.1. The molecular formula is C27H27Cl2N3O4. The van der Waals surface area contributed by atoms with Crippen LogP contribution in [0.2, 0.25) is 10.0 Å². The third-order valence-corrected chi connectivity index (χ3v) is 6.68. The Morgan fingerprint density at radius 2 is 1.86 bits per heavy atom. The van der Waals surface area contributed by atoms with E-state index in [0.717, 1.165) is 29.9 Å². The first kappa shape index (κ1) is 25.8. The molecule has 36 heavy (non-hydrogen) atoms. The van der Waals surface area contributed by atoms with Crippen LogP contribution in [0.5, 0.6) is 5.75 Å². The minimum absolute atomic E-state index is 0.0505. The van der Waals surface area contributed by atoms with Crippen molar-refractivity contribution < 1.29 is 19.4 Å². The highest BCUT2D eigenvalue weighted by Crippen LogP contribution is 2.25. The molecule has 0 fully saturated rings. The van der Waals surface area contributed by atoms with Crippen molar-refractivity contribution >= 4 is 40.9 Å². The Bertz CT molecular complexity index is 1230. The number of halogens is 2. The van der Waals surface area contributed by atoms with Crippen LogP contribution in [-0.2, 0) is 24.1 Å². The Balaban J connectivity index is 1.31. The number of aliphatic carboxylic acids is 1. The van der Waals surface area contributed by atoms with Gasteiger partial charge in [-0.25, -0.2) is 9.78 Å². The second-order valence-corrected chi connectivity index (χ2v) is 9.62. The van der Waals surface area contributed by atoms with Crippen LogP contribution in [0.1, 0.15) is 40.5 Å². The fraction of sp³-hybridized carbons (Fsp3) is 0.296. The average Bonchev–Trinajstić information content (AvgIpc) is 2.84. The second-order valence-electron chi connectivity index (χ2n) is 8.80. The van der Waals surface area contributed by atoms with Gasteiger partial charge in [-0.2, -0.15) is 0 Å². The number of nitrogens with one attached hydrogen (secondary N) is 2. The highest BCUT2D eigenvalue weighted by molar-refractivity contribution is 6.39.